The second-order valence-corrected chi connectivity index (χ2v) is 4.42. The molecule has 1 heterocycles. The minimum atomic E-state index is -0.263. The summed E-state index contributed by atoms with van der Waals surface area (Å²) in [4.78, 5) is 0. The fourth-order valence-corrected chi connectivity index (χ4v) is 2.17. The average molecular weight is 284 g/mol. The maximum absolute atomic E-state index is 13.7. The van der Waals surface area contributed by atoms with Gasteiger partial charge in [-0.3, -0.25) is 4.68 Å². The number of anilines is 1. The van der Waals surface area contributed by atoms with Crippen molar-refractivity contribution >= 4 is 21.7 Å². The third-order valence-corrected chi connectivity index (χ3v) is 3.33. The van der Waals surface area contributed by atoms with E-state index in [9.17, 15) is 4.39 Å². The van der Waals surface area contributed by atoms with Crippen molar-refractivity contribution in [2.45, 2.75) is 6.92 Å². The van der Waals surface area contributed by atoms with Crippen LogP contribution < -0.4 is 5.73 Å². The van der Waals surface area contributed by atoms with Crippen LogP contribution in [0.5, 0.6) is 0 Å². The number of aromatic nitrogens is 2. The maximum Gasteiger partial charge on any atom is 0.140 e. The maximum atomic E-state index is 13.7. The van der Waals surface area contributed by atoms with E-state index in [-0.39, 0.29) is 5.82 Å². The number of hydrogen-bond donors (Lipinski definition) is 1. The monoisotopic (exact) mass is 283 g/mol. The van der Waals surface area contributed by atoms with Crippen LogP contribution in [-0.2, 0) is 7.05 Å². The lowest BCUT2D eigenvalue weighted by Gasteiger charge is -2.06. The quantitative estimate of drug-likeness (QED) is 0.875. The van der Waals surface area contributed by atoms with Gasteiger partial charge in [0.05, 0.1) is 10.7 Å². The molecule has 0 radical (unpaired) electrons. The van der Waals surface area contributed by atoms with Crippen LogP contribution in [0, 0.1) is 12.7 Å². The van der Waals surface area contributed by atoms with Gasteiger partial charge < -0.3 is 5.73 Å². The predicted molar refractivity (Wildman–Crippen MR) is 65.5 cm³/mol. The first-order valence-electron chi connectivity index (χ1n) is 4.75. The fourth-order valence-electron chi connectivity index (χ4n) is 1.51. The number of rotatable bonds is 1. The first kappa shape index (κ1) is 11.1. The second kappa shape index (κ2) is 3.90. The molecule has 0 saturated heterocycles. The molecule has 5 heteroatoms. The zero-order valence-corrected chi connectivity index (χ0v) is 10.5. The summed E-state index contributed by atoms with van der Waals surface area (Å²) >= 11 is 3.24. The summed E-state index contributed by atoms with van der Waals surface area (Å²) in [5, 5.41) is 4.03. The Labute approximate surface area is 101 Å². The molecule has 0 bridgehead atoms. The van der Waals surface area contributed by atoms with Crippen LogP contribution in [-0.4, -0.2) is 9.78 Å². The van der Waals surface area contributed by atoms with Crippen LogP contribution in [0.25, 0.3) is 11.1 Å². The Balaban J connectivity index is 2.66. The minimum Gasteiger partial charge on any atom is -0.383 e. The third-order valence-electron chi connectivity index (χ3n) is 2.55. The van der Waals surface area contributed by atoms with Gasteiger partial charge in [-0.05, 0) is 28.4 Å². The van der Waals surface area contributed by atoms with Crippen molar-refractivity contribution in [2.24, 2.45) is 7.05 Å². The van der Waals surface area contributed by atoms with Crippen LogP contribution in [0.15, 0.2) is 22.8 Å². The Morgan fingerprint density at radius 2 is 2.06 bits per heavy atom. The van der Waals surface area contributed by atoms with Crippen molar-refractivity contribution in [2.75, 3.05) is 5.73 Å². The highest BCUT2D eigenvalue weighted by molar-refractivity contribution is 9.10. The van der Waals surface area contributed by atoms with Gasteiger partial charge in [0, 0.05) is 18.2 Å². The molecule has 0 aliphatic carbocycles. The number of nitrogens with two attached hydrogens (primary N) is 1. The zero-order chi connectivity index (χ0) is 11.9. The molecule has 16 heavy (non-hydrogen) atoms. The van der Waals surface area contributed by atoms with Crippen molar-refractivity contribution in [3.63, 3.8) is 0 Å². The molecule has 2 N–H and O–H groups in total. The molecule has 0 atom stereocenters. The van der Waals surface area contributed by atoms with E-state index in [1.54, 1.807) is 30.9 Å². The molecule has 1 aromatic carbocycles. The van der Waals surface area contributed by atoms with E-state index in [2.05, 4.69) is 21.0 Å². The van der Waals surface area contributed by atoms with Crippen molar-refractivity contribution in [1.29, 1.82) is 0 Å². The van der Waals surface area contributed by atoms with Gasteiger partial charge >= 0.3 is 0 Å². The van der Waals surface area contributed by atoms with Crippen molar-refractivity contribution in [1.82, 2.24) is 9.78 Å². The van der Waals surface area contributed by atoms with Crippen molar-refractivity contribution in [3.8, 4) is 11.1 Å². The molecule has 2 rings (SSSR count). The number of nitrogen functional groups attached to an aromatic ring is 1. The van der Waals surface area contributed by atoms with E-state index in [0.29, 0.717) is 21.4 Å². The summed E-state index contributed by atoms with van der Waals surface area (Å²) in [5.74, 6) is 0.254. The van der Waals surface area contributed by atoms with Crippen LogP contribution in [0.4, 0.5) is 10.2 Å². The second-order valence-electron chi connectivity index (χ2n) is 3.63. The van der Waals surface area contributed by atoms with Gasteiger partial charge in [0.2, 0.25) is 0 Å². The first-order valence-corrected chi connectivity index (χ1v) is 5.54. The number of halogens is 2. The van der Waals surface area contributed by atoms with Gasteiger partial charge in [-0.1, -0.05) is 12.1 Å². The van der Waals surface area contributed by atoms with E-state index in [0.717, 1.165) is 5.56 Å². The van der Waals surface area contributed by atoms with Crippen molar-refractivity contribution < 1.29 is 4.39 Å². The van der Waals surface area contributed by atoms with Crippen LogP contribution in [0.2, 0.25) is 0 Å². The van der Waals surface area contributed by atoms with Gasteiger partial charge in [-0.15, -0.1) is 0 Å². The van der Waals surface area contributed by atoms with Crippen molar-refractivity contribution in [3.05, 3.63) is 34.2 Å². The molecular weight excluding hydrogens is 273 g/mol. The number of benzene rings is 1. The molecule has 0 fully saturated rings. The molecule has 0 spiro atoms. The Bertz CT molecular complexity index is 548. The van der Waals surface area contributed by atoms with Crippen LogP contribution >= 0.6 is 15.9 Å². The average Bonchev–Trinajstić information content (AvgIpc) is 2.58. The molecule has 2 aromatic rings. The standard InChI is InChI=1S/C11H11BrFN3/c1-6-3-4-7(9(12)10(6)13)8-5-15-16(2)11(8)14/h3-5H,14H2,1-2H3. The van der Waals surface area contributed by atoms with E-state index in [4.69, 9.17) is 5.73 Å². The first-order chi connectivity index (χ1) is 7.52. The lowest BCUT2D eigenvalue weighted by molar-refractivity contribution is 0.612. The van der Waals surface area contributed by atoms with Crippen LogP contribution in [0.3, 0.4) is 0 Å². The topological polar surface area (TPSA) is 43.8 Å². The molecule has 0 aliphatic heterocycles. The lowest BCUT2D eigenvalue weighted by Crippen LogP contribution is -1.98. The van der Waals surface area contributed by atoms with E-state index in [1.807, 2.05) is 6.07 Å². The Hall–Kier alpha value is -1.36. The molecule has 3 nitrogen and oxygen atoms in total. The predicted octanol–water partition coefficient (Wildman–Crippen LogP) is 2.88. The Morgan fingerprint density at radius 3 is 2.62 bits per heavy atom. The highest BCUT2D eigenvalue weighted by atomic mass is 79.9. The minimum absolute atomic E-state index is 0.263. The summed E-state index contributed by atoms with van der Waals surface area (Å²) < 4.78 is 15.7. The number of nitrogens with zero attached hydrogens (tertiary/aromatic N) is 2. The van der Waals surface area contributed by atoms with E-state index >= 15 is 0 Å². The SMILES string of the molecule is Cc1ccc(-c2cnn(C)c2N)c(Br)c1F. The van der Waals surface area contributed by atoms with Gasteiger partial charge in [0.15, 0.2) is 0 Å². The van der Waals surface area contributed by atoms with Gasteiger partial charge in [-0.25, -0.2) is 4.39 Å². The molecular formula is C11H11BrFN3. The summed E-state index contributed by atoms with van der Waals surface area (Å²) in [5.41, 5.74) is 7.89. The molecule has 0 saturated carbocycles. The van der Waals surface area contributed by atoms with Gasteiger partial charge in [0.1, 0.15) is 11.6 Å². The normalized spacial score (nSPS) is 10.8. The smallest absolute Gasteiger partial charge is 0.140 e. The lowest BCUT2D eigenvalue weighted by atomic mass is 10.1. The highest BCUT2D eigenvalue weighted by Gasteiger charge is 2.14. The van der Waals surface area contributed by atoms with E-state index < -0.39 is 0 Å². The molecule has 84 valence electrons. The van der Waals surface area contributed by atoms with Crippen LogP contribution in [0.1, 0.15) is 5.56 Å². The summed E-state index contributed by atoms with van der Waals surface area (Å²) in [6.45, 7) is 1.72. The largest absolute Gasteiger partial charge is 0.383 e. The molecule has 0 aliphatic rings. The summed E-state index contributed by atoms with van der Waals surface area (Å²) in [6.07, 6.45) is 1.63. The molecule has 0 amide bonds. The Kier molecular flexibility index (Phi) is 2.71. The number of aryl methyl sites for hydroxylation is 2. The van der Waals surface area contributed by atoms with Gasteiger partial charge in [-0.2, -0.15) is 5.10 Å². The molecule has 1 aromatic heterocycles. The van der Waals surface area contributed by atoms with E-state index in [1.165, 1.54) is 0 Å². The fraction of sp³-hybridized carbons (Fsp3) is 0.182. The number of hydrogen-bond acceptors (Lipinski definition) is 2. The highest BCUT2D eigenvalue weighted by Crippen LogP contribution is 2.34. The third kappa shape index (κ3) is 1.61. The summed E-state index contributed by atoms with van der Waals surface area (Å²) in [6, 6.07) is 3.55. The molecule has 0 unspecified atom stereocenters. The van der Waals surface area contributed by atoms with Gasteiger partial charge in [0.25, 0.3) is 0 Å². The summed E-state index contributed by atoms with van der Waals surface area (Å²) in [7, 11) is 1.75. The zero-order valence-electron chi connectivity index (χ0n) is 8.96. The Morgan fingerprint density at radius 1 is 1.38 bits per heavy atom.